The maximum atomic E-state index is 12.2. The second-order valence-corrected chi connectivity index (χ2v) is 6.74. The van der Waals surface area contributed by atoms with Crippen LogP contribution in [-0.2, 0) is 4.79 Å². The molecule has 0 fully saturated rings. The van der Waals surface area contributed by atoms with Crippen molar-refractivity contribution in [2.45, 2.75) is 25.8 Å². The van der Waals surface area contributed by atoms with Crippen LogP contribution in [0.3, 0.4) is 0 Å². The SMILES string of the molecule is COc1ccc(OC)c([C@H](C)NC(=O)CCC(=O)c2ccc(Br)cc2)c1. The Hall–Kier alpha value is -2.34. The van der Waals surface area contributed by atoms with Gasteiger partial charge in [-0.3, -0.25) is 9.59 Å². The third-order valence-electron chi connectivity index (χ3n) is 4.03. The van der Waals surface area contributed by atoms with Crippen LogP contribution >= 0.6 is 15.9 Å². The van der Waals surface area contributed by atoms with Crippen molar-refractivity contribution in [3.05, 3.63) is 58.1 Å². The number of carbonyl (C=O) groups excluding carboxylic acids is 2. The van der Waals surface area contributed by atoms with Crippen LogP contribution in [0.2, 0.25) is 0 Å². The standard InChI is InChI=1S/C20H22BrNO4/c1-13(17-12-16(25-2)8-10-19(17)26-3)22-20(24)11-9-18(23)14-4-6-15(21)7-5-14/h4-8,10,12-13H,9,11H2,1-3H3,(H,22,24)/t13-/m0/s1. The summed E-state index contributed by atoms with van der Waals surface area (Å²) in [6, 6.07) is 12.3. The summed E-state index contributed by atoms with van der Waals surface area (Å²) in [5.74, 6) is 1.11. The zero-order valence-electron chi connectivity index (χ0n) is 15.0. The molecular weight excluding hydrogens is 398 g/mol. The molecular formula is C20H22BrNO4. The quantitative estimate of drug-likeness (QED) is 0.647. The minimum atomic E-state index is -0.268. The summed E-state index contributed by atoms with van der Waals surface area (Å²) in [5, 5.41) is 2.90. The fraction of sp³-hybridized carbons (Fsp3) is 0.300. The molecule has 5 nitrogen and oxygen atoms in total. The maximum absolute atomic E-state index is 12.2. The number of methoxy groups -OCH3 is 2. The third kappa shape index (κ3) is 5.33. The van der Waals surface area contributed by atoms with Crippen molar-refractivity contribution in [1.82, 2.24) is 5.32 Å². The predicted molar refractivity (Wildman–Crippen MR) is 104 cm³/mol. The third-order valence-corrected chi connectivity index (χ3v) is 4.55. The second kappa shape index (κ2) is 9.38. The van der Waals surface area contributed by atoms with Crippen molar-refractivity contribution < 1.29 is 19.1 Å². The van der Waals surface area contributed by atoms with Crippen LogP contribution in [0.15, 0.2) is 46.9 Å². The van der Waals surface area contributed by atoms with Gasteiger partial charge in [-0.05, 0) is 37.3 Å². The van der Waals surface area contributed by atoms with Crippen LogP contribution in [-0.4, -0.2) is 25.9 Å². The van der Waals surface area contributed by atoms with Crippen molar-refractivity contribution >= 4 is 27.6 Å². The van der Waals surface area contributed by atoms with E-state index in [4.69, 9.17) is 9.47 Å². The molecule has 26 heavy (non-hydrogen) atoms. The molecule has 2 aromatic rings. The fourth-order valence-corrected chi connectivity index (χ4v) is 2.84. The molecule has 0 saturated carbocycles. The number of hydrogen-bond acceptors (Lipinski definition) is 4. The lowest BCUT2D eigenvalue weighted by atomic mass is 10.0. The lowest BCUT2D eigenvalue weighted by molar-refractivity contribution is -0.121. The summed E-state index contributed by atoms with van der Waals surface area (Å²) in [5.41, 5.74) is 1.42. The first kappa shape index (κ1) is 20.0. The van der Waals surface area contributed by atoms with E-state index in [2.05, 4.69) is 21.2 Å². The van der Waals surface area contributed by atoms with Crippen molar-refractivity contribution in [2.75, 3.05) is 14.2 Å². The molecule has 138 valence electrons. The van der Waals surface area contributed by atoms with Gasteiger partial charge in [-0.15, -0.1) is 0 Å². The summed E-state index contributed by atoms with van der Waals surface area (Å²) in [6.45, 7) is 1.87. The van der Waals surface area contributed by atoms with Crippen molar-refractivity contribution in [3.8, 4) is 11.5 Å². The van der Waals surface area contributed by atoms with E-state index in [9.17, 15) is 9.59 Å². The molecule has 0 saturated heterocycles. The normalized spacial score (nSPS) is 11.5. The Morgan fingerprint density at radius 1 is 1.04 bits per heavy atom. The highest BCUT2D eigenvalue weighted by Crippen LogP contribution is 2.29. The minimum absolute atomic E-state index is 0.0562. The molecule has 0 radical (unpaired) electrons. The van der Waals surface area contributed by atoms with Gasteiger partial charge < -0.3 is 14.8 Å². The smallest absolute Gasteiger partial charge is 0.220 e. The Morgan fingerprint density at radius 3 is 2.35 bits per heavy atom. The Bertz CT molecular complexity index is 774. The first-order chi connectivity index (χ1) is 12.4. The molecule has 2 rings (SSSR count). The maximum Gasteiger partial charge on any atom is 0.220 e. The van der Waals surface area contributed by atoms with Crippen molar-refractivity contribution in [3.63, 3.8) is 0 Å². The molecule has 1 N–H and O–H groups in total. The number of halogens is 1. The molecule has 0 aliphatic heterocycles. The van der Waals surface area contributed by atoms with E-state index in [1.54, 1.807) is 38.5 Å². The van der Waals surface area contributed by atoms with Gasteiger partial charge in [0.15, 0.2) is 5.78 Å². The lowest BCUT2D eigenvalue weighted by Crippen LogP contribution is -2.27. The van der Waals surface area contributed by atoms with Gasteiger partial charge in [0.25, 0.3) is 0 Å². The Morgan fingerprint density at radius 2 is 1.73 bits per heavy atom. The van der Waals surface area contributed by atoms with E-state index in [0.717, 1.165) is 10.0 Å². The summed E-state index contributed by atoms with van der Waals surface area (Å²) >= 11 is 3.33. The van der Waals surface area contributed by atoms with Gasteiger partial charge >= 0.3 is 0 Å². The summed E-state index contributed by atoms with van der Waals surface area (Å²) < 4.78 is 11.5. The number of Topliss-reactive ketones (excluding diaryl/α,β-unsaturated/α-hetero) is 1. The van der Waals surface area contributed by atoms with Crippen LogP contribution in [0.5, 0.6) is 11.5 Å². The molecule has 0 spiro atoms. The number of nitrogens with one attached hydrogen (secondary N) is 1. The van der Waals surface area contributed by atoms with Crippen LogP contribution in [0, 0.1) is 0 Å². The monoisotopic (exact) mass is 419 g/mol. The second-order valence-electron chi connectivity index (χ2n) is 5.83. The van der Waals surface area contributed by atoms with E-state index in [-0.39, 0.29) is 30.6 Å². The zero-order valence-corrected chi connectivity index (χ0v) is 16.6. The number of rotatable bonds is 8. The van der Waals surface area contributed by atoms with Crippen LogP contribution in [0.1, 0.15) is 41.7 Å². The molecule has 6 heteroatoms. The molecule has 2 aromatic carbocycles. The number of benzene rings is 2. The zero-order chi connectivity index (χ0) is 19.1. The average molecular weight is 420 g/mol. The summed E-state index contributed by atoms with van der Waals surface area (Å²) in [6.07, 6.45) is 0.293. The van der Waals surface area contributed by atoms with Crippen LogP contribution in [0.25, 0.3) is 0 Å². The fourth-order valence-electron chi connectivity index (χ4n) is 2.58. The van der Waals surface area contributed by atoms with Gasteiger partial charge in [-0.1, -0.05) is 28.1 Å². The van der Waals surface area contributed by atoms with Crippen molar-refractivity contribution in [1.29, 1.82) is 0 Å². The first-order valence-corrected chi connectivity index (χ1v) is 9.04. The van der Waals surface area contributed by atoms with Crippen LogP contribution in [0.4, 0.5) is 0 Å². The molecule has 0 heterocycles. The minimum Gasteiger partial charge on any atom is -0.497 e. The number of ketones is 1. The van der Waals surface area contributed by atoms with Gasteiger partial charge in [0.1, 0.15) is 11.5 Å². The number of amides is 1. The van der Waals surface area contributed by atoms with Gasteiger partial charge in [-0.2, -0.15) is 0 Å². The molecule has 0 aliphatic carbocycles. The highest BCUT2D eigenvalue weighted by atomic mass is 79.9. The molecule has 0 bridgehead atoms. The topological polar surface area (TPSA) is 64.6 Å². The number of ether oxygens (including phenoxy) is 2. The molecule has 0 aromatic heterocycles. The molecule has 0 aliphatic rings. The largest absolute Gasteiger partial charge is 0.497 e. The van der Waals surface area contributed by atoms with Gasteiger partial charge in [0.2, 0.25) is 5.91 Å². The Kier molecular flexibility index (Phi) is 7.21. The van der Waals surface area contributed by atoms with E-state index >= 15 is 0 Å². The molecule has 1 atom stereocenters. The van der Waals surface area contributed by atoms with Crippen LogP contribution < -0.4 is 14.8 Å². The van der Waals surface area contributed by atoms with E-state index in [0.29, 0.717) is 17.1 Å². The molecule has 1 amide bonds. The Balaban J connectivity index is 1.95. The average Bonchev–Trinajstić information content (AvgIpc) is 2.66. The van der Waals surface area contributed by atoms with Gasteiger partial charge in [-0.25, -0.2) is 0 Å². The number of carbonyl (C=O) groups is 2. The van der Waals surface area contributed by atoms with E-state index in [1.165, 1.54) is 0 Å². The number of hydrogen-bond donors (Lipinski definition) is 1. The van der Waals surface area contributed by atoms with Gasteiger partial charge in [0.05, 0.1) is 20.3 Å². The Labute approximate surface area is 161 Å². The summed E-state index contributed by atoms with van der Waals surface area (Å²) in [7, 11) is 3.17. The first-order valence-electron chi connectivity index (χ1n) is 8.24. The highest BCUT2D eigenvalue weighted by molar-refractivity contribution is 9.10. The highest BCUT2D eigenvalue weighted by Gasteiger charge is 2.16. The van der Waals surface area contributed by atoms with Gasteiger partial charge in [0, 0.05) is 28.4 Å². The van der Waals surface area contributed by atoms with E-state index < -0.39 is 0 Å². The van der Waals surface area contributed by atoms with E-state index in [1.807, 2.05) is 25.1 Å². The predicted octanol–water partition coefficient (Wildman–Crippen LogP) is 4.31. The molecule has 0 unspecified atom stereocenters. The van der Waals surface area contributed by atoms with Crippen molar-refractivity contribution in [2.24, 2.45) is 0 Å². The lowest BCUT2D eigenvalue weighted by Gasteiger charge is -2.18. The summed E-state index contributed by atoms with van der Waals surface area (Å²) in [4.78, 5) is 24.4.